The van der Waals surface area contributed by atoms with Gasteiger partial charge in [0.05, 0.1) is 35.6 Å². The number of fused-ring (bicyclic) bond motifs is 2. The molecule has 1 fully saturated rings. The molecule has 0 aliphatic carbocycles. The number of hydrogen-bond donors (Lipinski definition) is 2. The molecule has 1 saturated heterocycles. The van der Waals surface area contributed by atoms with Gasteiger partial charge in [0.25, 0.3) is 5.91 Å². The van der Waals surface area contributed by atoms with E-state index in [2.05, 4.69) is 20.7 Å². The lowest BCUT2D eigenvalue weighted by atomic mass is 9.89. The second-order valence-corrected chi connectivity index (χ2v) is 10.5. The number of carbonyl (C=O) groups excluding carboxylic acids is 2. The van der Waals surface area contributed by atoms with E-state index in [1.165, 1.54) is 6.07 Å². The highest BCUT2D eigenvalue weighted by Gasteiger charge is 2.49. The number of pyridine rings is 1. The normalized spacial score (nSPS) is 17.9. The van der Waals surface area contributed by atoms with Gasteiger partial charge in [-0.25, -0.2) is 9.18 Å². The van der Waals surface area contributed by atoms with Crippen LogP contribution in [0.5, 0.6) is 0 Å². The number of aromatic nitrogens is 3. The Labute approximate surface area is 234 Å². The van der Waals surface area contributed by atoms with Gasteiger partial charge in [-0.1, -0.05) is 35.9 Å². The molecule has 4 heterocycles. The molecule has 2 aromatic heterocycles. The van der Waals surface area contributed by atoms with Crippen molar-refractivity contribution >= 4 is 35.0 Å². The zero-order valence-electron chi connectivity index (χ0n) is 21.7. The SMILES string of the molecule is Cc1cnn(Cc2ccc(CNC(=O)c3cc(N4CC[C@]5(C4)OC(=O)Nc4ccc(Cl)c(F)c45)ccn3)cc2)c1. The lowest BCUT2D eigenvalue weighted by Crippen LogP contribution is -2.42. The summed E-state index contributed by atoms with van der Waals surface area (Å²) in [5.74, 6) is -0.927. The second-order valence-electron chi connectivity index (χ2n) is 10.1. The zero-order chi connectivity index (χ0) is 27.9. The maximum Gasteiger partial charge on any atom is 0.412 e. The number of rotatable bonds is 6. The fraction of sp³-hybridized carbons (Fsp3) is 0.241. The van der Waals surface area contributed by atoms with Crippen molar-refractivity contribution in [3.05, 3.63) is 106 Å². The van der Waals surface area contributed by atoms with E-state index < -0.39 is 17.5 Å². The Balaban J connectivity index is 1.12. The van der Waals surface area contributed by atoms with Gasteiger partial charge in [-0.05, 0) is 47.9 Å². The van der Waals surface area contributed by atoms with Crippen LogP contribution in [0.2, 0.25) is 5.02 Å². The van der Waals surface area contributed by atoms with Crippen molar-refractivity contribution in [1.82, 2.24) is 20.1 Å². The summed E-state index contributed by atoms with van der Waals surface area (Å²) < 4.78 is 22.7. The Morgan fingerprint density at radius 1 is 1.20 bits per heavy atom. The molecule has 2 N–H and O–H groups in total. The topological polar surface area (TPSA) is 101 Å². The molecule has 204 valence electrons. The number of halogens is 2. The van der Waals surface area contributed by atoms with Gasteiger partial charge < -0.3 is 15.0 Å². The van der Waals surface area contributed by atoms with E-state index in [1.807, 2.05) is 53.2 Å². The van der Waals surface area contributed by atoms with Crippen LogP contribution in [0.3, 0.4) is 0 Å². The van der Waals surface area contributed by atoms with Gasteiger partial charge in [0.1, 0.15) is 5.69 Å². The Morgan fingerprint density at radius 2 is 2.00 bits per heavy atom. The molecule has 2 aliphatic heterocycles. The number of carbonyl (C=O) groups is 2. The number of anilines is 2. The largest absolute Gasteiger partial charge is 0.436 e. The minimum absolute atomic E-state index is 0.0400. The first kappa shape index (κ1) is 25.8. The first-order valence-electron chi connectivity index (χ1n) is 12.8. The van der Waals surface area contributed by atoms with Crippen molar-refractivity contribution in [2.45, 2.75) is 32.0 Å². The highest BCUT2D eigenvalue weighted by atomic mass is 35.5. The predicted octanol–water partition coefficient (Wildman–Crippen LogP) is 5.03. The van der Waals surface area contributed by atoms with Gasteiger partial charge in [-0.2, -0.15) is 5.10 Å². The third-order valence-corrected chi connectivity index (χ3v) is 7.52. The van der Waals surface area contributed by atoms with Crippen LogP contribution in [0, 0.1) is 12.7 Å². The summed E-state index contributed by atoms with van der Waals surface area (Å²) in [6.07, 6.45) is 5.09. The van der Waals surface area contributed by atoms with E-state index >= 15 is 4.39 Å². The summed E-state index contributed by atoms with van der Waals surface area (Å²) in [7, 11) is 0. The van der Waals surface area contributed by atoms with E-state index in [1.54, 1.807) is 24.4 Å². The Hall–Kier alpha value is -4.44. The van der Waals surface area contributed by atoms with Gasteiger partial charge >= 0.3 is 6.09 Å². The highest BCUT2D eigenvalue weighted by Crippen LogP contribution is 2.46. The van der Waals surface area contributed by atoms with Gasteiger partial charge in [0.2, 0.25) is 0 Å². The number of nitrogens with one attached hydrogen (secondary N) is 2. The number of nitrogens with zero attached hydrogens (tertiary/aromatic N) is 4. The molecular weight excluding hydrogens is 535 g/mol. The minimum atomic E-state index is -1.19. The van der Waals surface area contributed by atoms with Crippen LogP contribution in [0.25, 0.3) is 0 Å². The third kappa shape index (κ3) is 4.98. The summed E-state index contributed by atoms with van der Waals surface area (Å²) in [4.78, 5) is 31.4. The molecule has 6 rings (SSSR count). The number of benzene rings is 2. The molecule has 2 aliphatic rings. The van der Waals surface area contributed by atoms with E-state index in [4.69, 9.17) is 16.3 Å². The van der Waals surface area contributed by atoms with Gasteiger partial charge in [0.15, 0.2) is 11.4 Å². The average Bonchev–Trinajstić information content (AvgIpc) is 3.56. The molecule has 2 amide bonds. The molecule has 2 aromatic carbocycles. The number of ether oxygens (including phenoxy) is 1. The van der Waals surface area contributed by atoms with Crippen molar-refractivity contribution in [2.24, 2.45) is 0 Å². The fourth-order valence-electron chi connectivity index (χ4n) is 5.27. The van der Waals surface area contributed by atoms with E-state index in [9.17, 15) is 9.59 Å². The summed E-state index contributed by atoms with van der Waals surface area (Å²) in [6, 6.07) is 14.4. The highest BCUT2D eigenvalue weighted by molar-refractivity contribution is 6.31. The van der Waals surface area contributed by atoms with Gasteiger partial charge in [-0.15, -0.1) is 0 Å². The van der Waals surface area contributed by atoms with Gasteiger partial charge in [-0.3, -0.25) is 19.8 Å². The smallest absolute Gasteiger partial charge is 0.412 e. The Bertz CT molecular complexity index is 1610. The molecule has 9 nitrogen and oxygen atoms in total. The number of hydrogen-bond acceptors (Lipinski definition) is 6. The molecular formula is C29H26ClFN6O3. The molecule has 0 unspecified atom stereocenters. The maximum absolute atomic E-state index is 15.1. The van der Waals surface area contributed by atoms with Crippen LogP contribution in [-0.4, -0.2) is 39.9 Å². The molecule has 11 heteroatoms. The molecule has 40 heavy (non-hydrogen) atoms. The fourth-order valence-corrected chi connectivity index (χ4v) is 5.43. The quantitative estimate of drug-likeness (QED) is 0.343. The van der Waals surface area contributed by atoms with Crippen molar-refractivity contribution in [3.63, 3.8) is 0 Å². The first-order chi connectivity index (χ1) is 19.3. The third-order valence-electron chi connectivity index (χ3n) is 7.23. The molecule has 1 atom stereocenters. The predicted molar refractivity (Wildman–Crippen MR) is 148 cm³/mol. The van der Waals surface area contributed by atoms with Gasteiger partial charge in [0, 0.05) is 37.6 Å². The van der Waals surface area contributed by atoms with Crippen LogP contribution in [-0.2, 0) is 23.4 Å². The number of aryl methyl sites for hydroxylation is 1. The maximum atomic E-state index is 15.1. The minimum Gasteiger partial charge on any atom is -0.436 e. The van der Waals surface area contributed by atoms with Crippen LogP contribution in [0.1, 0.15) is 39.2 Å². The number of amides is 2. The lowest BCUT2D eigenvalue weighted by molar-refractivity contribution is 0.0264. The van der Waals surface area contributed by atoms with E-state index in [0.717, 1.165) is 16.7 Å². The van der Waals surface area contributed by atoms with E-state index in [-0.39, 0.29) is 28.7 Å². The van der Waals surface area contributed by atoms with Crippen molar-refractivity contribution in [1.29, 1.82) is 0 Å². The Kier molecular flexibility index (Phi) is 6.63. The second kappa shape index (κ2) is 10.3. The monoisotopic (exact) mass is 560 g/mol. The summed E-state index contributed by atoms with van der Waals surface area (Å²) in [6.45, 7) is 3.71. The standard InChI is InChI=1S/C29H26ClFN6O3/c1-18-13-34-37(15-18)16-20-4-2-19(3-5-20)14-33-27(38)24-12-21(8-10-32-24)36-11-9-29(17-36)25-23(35-28(39)40-29)7-6-22(30)26(25)31/h2-8,10,12-13,15H,9,11,14,16-17H2,1H3,(H,33,38)(H,35,39)/t29-/m1/s1. The molecule has 0 radical (unpaired) electrons. The average molecular weight is 561 g/mol. The van der Waals surface area contributed by atoms with Crippen LogP contribution >= 0.6 is 11.6 Å². The van der Waals surface area contributed by atoms with Crippen molar-refractivity contribution in [3.8, 4) is 0 Å². The lowest BCUT2D eigenvalue weighted by Gasteiger charge is -2.36. The molecule has 4 aromatic rings. The molecule has 1 spiro atoms. The summed E-state index contributed by atoms with van der Waals surface area (Å²) >= 11 is 6.05. The summed E-state index contributed by atoms with van der Waals surface area (Å²) in [5, 5.41) is 9.74. The van der Waals surface area contributed by atoms with Crippen molar-refractivity contribution < 1.29 is 18.7 Å². The first-order valence-corrected chi connectivity index (χ1v) is 13.2. The Morgan fingerprint density at radius 3 is 2.77 bits per heavy atom. The molecule has 0 bridgehead atoms. The van der Waals surface area contributed by atoms with Crippen LogP contribution in [0.15, 0.2) is 67.1 Å². The van der Waals surface area contributed by atoms with Crippen molar-refractivity contribution in [2.75, 3.05) is 23.3 Å². The summed E-state index contributed by atoms with van der Waals surface area (Å²) in [5.41, 5.74) is 3.54. The van der Waals surface area contributed by atoms with Crippen LogP contribution in [0.4, 0.5) is 20.6 Å². The van der Waals surface area contributed by atoms with Crippen LogP contribution < -0.4 is 15.5 Å². The van der Waals surface area contributed by atoms with E-state index in [0.29, 0.717) is 37.4 Å². The zero-order valence-corrected chi connectivity index (χ0v) is 22.4. The molecule has 0 saturated carbocycles.